The Labute approximate surface area is 135 Å². The minimum atomic E-state index is -0.137. The molecule has 0 saturated carbocycles. The van der Waals surface area contributed by atoms with E-state index in [9.17, 15) is 4.79 Å². The maximum Gasteiger partial charge on any atom is 0.270 e. The molecule has 0 spiro atoms. The first kappa shape index (κ1) is 14.3. The molecule has 2 aromatic heterocycles. The van der Waals surface area contributed by atoms with Crippen LogP contribution < -0.4 is 5.32 Å². The summed E-state index contributed by atoms with van der Waals surface area (Å²) in [6.45, 7) is 4.48. The topological polar surface area (TPSA) is 58.4 Å². The summed E-state index contributed by atoms with van der Waals surface area (Å²) in [6.07, 6.45) is 10.9. The molecule has 3 aliphatic heterocycles. The Morgan fingerprint density at radius 1 is 1.48 bits per heavy atom. The number of nitrogens with one attached hydrogen (secondary N) is 1. The highest BCUT2D eigenvalue weighted by atomic mass is 16.3. The van der Waals surface area contributed by atoms with Crippen molar-refractivity contribution in [3.8, 4) is 12.3 Å². The Balaban J connectivity index is 1.58. The number of furan rings is 1. The summed E-state index contributed by atoms with van der Waals surface area (Å²) in [7, 11) is 0. The van der Waals surface area contributed by atoms with Crippen LogP contribution in [0.15, 0.2) is 22.9 Å². The molecule has 3 aliphatic rings. The van der Waals surface area contributed by atoms with Gasteiger partial charge in [0.25, 0.3) is 5.91 Å². The van der Waals surface area contributed by atoms with E-state index in [0.717, 1.165) is 31.3 Å². The average molecular weight is 309 g/mol. The highest BCUT2D eigenvalue weighted by molar-refractivity contribution is 5.96. The minimum absolute atomic E-state index is 0.137. The molecule has 2 aromatic rings. The Kier molecular flexibility index (Phi) is 3.35. The molecular weight excluding hydrogens is 290 g/mol. The van der Waals surface area contributed by atoms with E-state index >= 15 is 0 Å². The second-order valence-electron chi connectivity index (χ2n) is 6.47. The van der Waals surface area contributed by atoms with Gasteiger partial charge in [0, 0.05) is 17.5 Å². The van der Waals surface area contributed by atoms with Crippen molar-refractivity contribution in [2.24, 2.45) is 5.92 Å². The molecule has 23 heavy (non-hydrogen) atoms. The lowest BCUT2D eigenvalue weighted by Gasteiger charge is -2.49. The summed E-state index contributed by atoms with van der Waals surface area (Å²) in [5, 5.41) is 3.94. The molecule has 2 unspecified atom stereocenters. The van der Waals surface area contributed by atoms with Crippen LogP contribution in [-0.4, -0.2) is 41.0 Å². The van der Waals surface area contributed by atoms with E-state index in [1.54, 1.807) is 12.3 Å². The van der Waals surface area contributed by atoms with Crippen LogP contribution in [0.25, 0.3) is 11.0 Å². The van der Waals surface area contributed by atoms with E-state index in [4.69, 9.17) is 10.8 Å². The molecule has 5 rings (SSSR count). The number of carbonyl (C=O) groups excluding carboxylic acids is 1. The summed E-state index contributed by atoms with van der Waals surface area (Å²) < 4.78 is 5.34. The summed E-state index contributed by atoms with van der Waals surface area (Å²) >= 11 is 0. The number of fused-ring (bicyclic) bond motifs is 4. The predicted octanol–water partition coefficient (Wildman–Crippen LogP) is 2.02. The van der Waals surface area contributed by atoms with Gasteiger partial charge in [-0.3, -0.25) is 9.69 Å². The standard InChI is InChI=1S/C18H19N3O2/c1-3-12-10-23-16-9-19-15(8-14(12)16)18(22)20-17-11(2)21-6-4-13(17)5-7-21/h1,8-11,13,17H,4-7H2,2H3,(H,20,22). The van der Waals surface area contributed by atoms with Gasteiger partial charge in [0.1, 0.15) is 12.0 Å². The van der Waals surface area contributed by atoms with Crippen LogP contribution in [0.5, 0.6) is 0 Å². The van der Waals surface area contributed by atoms with E-state index in [0.29, 0.717) is 28.8 Å². The monoisotopic (exact) mass is 309 g/mol. The first-order valence-corrected chi connectivity index (χ1v) is 8.06. The lowest BCUT2D eigenvalue weighted by molar-refractivity contribution is 0.0216. The van der Waals surface area contributed by atoms with Gasteiger partial charge in [-0.25, -0.2) is 4.98 Å². The molecular formula is C18H19N3O2. The van der Waals surface area contributed by atoms with Gasteiger partial charge in [0.2, 0.25) is 0 Å². The number of terminal acetylenes is 1. The van der Waals surface area contributed by atoms with Crippen LogP contribution >= 0.6 is 0 Å². The van der Waals surface area contributed by atoms with E-state index in [2.05, 4.69) is 28.0 Å². The number of hydrogen-bond acceptors (Lipinski definition) is 4. The second kappa shape index (κ2) is 5.39. The van der Waals surface area contributed by atoms with Crippen LogP contribution in [0.1, 0.15) is 35.8 Å². The molecule has 2 atom stereocenters. The van der Waals surface area contributed by atoms with Gasteiger partial charge in [-0.05, 0) is 44.8 Å². The number of piperidine rings is 3. The Morgan fingerprint density at radius 2 is 2.26 bits per heavy atom. The van der Waals surface area contributed by atoms with Gasteiger partial charge in [-0.15, -0.1) is 6.42 Å². The number of rotatable bonds is 2. The van der Waals surface area contributed by atoms with Crippen molar-refractivity contribution in [3.63, 3.8) is 0 Å². The molecule has 5 nitrogen and oxygen atoms in total. The number of pyridine rings is 1. The predicted molar refractivity (Wildman–Crippen MR) is 87.0 cm³/mol. The molecule has 3 fully saturated rings. The van der Waals surface area contributed by atoms with Gasteiger partial charge >= 0.3 is 0 Å². The molecule has 5 heteroatoms. The maximum absolute atomic E-state index is 12.6. The lowest BCUT2D eigenvalue weighted by atomic mass is 9.79. The fraction of sp³-hybridized carbons (Fsp3) is 0.444. The minimum Gasteiger partial charge on any atom is -0.461 e. The zero-order valence-corrected chi connectivity index (χ0v) is 13.1. The fourth-order valence-electron chi connectivity index (χ4n) is 3.94. The molecule has 0 aliphatic carbocycles. The van der Waals surface area contributed by atoms with Crippen LogP contribution in [-0.2, 0) is 0 Å². The van der Waals surface area contributed by atoms with E-state index < -0.39 is 0 Å². The van der Waals surface area contributed by atoms with Gasteiger partial charge < -0.3 is 9.73 Å². The third-order valence-electron chi connectivity index (χ3n) is 5.32. The third-order valence-corrected chi connectivity index (χ3v) is 5.32. The normalized spacial score (nSPS) is 29.4. The fourth-order valence-corrected chi connectivity index (χ4v) is 3.94. The largest absolute Gasteiger partial charge is 0.461 e. The molecule has 5 heterocycles. The van der Waals surface area contributed by atoms with Crippen LogP contribution in [0.4, 0.5) is 0 Å². The van der Waals surface area contributed by atoms with Gasteiger partial charge in [-0.1, -0.05) is 5.92 Å². The smallest absolute Gasteiger partial charge is 0.270 e. The van der Waals surface area contributed by atoms with Gasteiger partial charge in [0.05, 0.1) is 11.8 Å². The third kappa shape index (κ3) is 2.30. The average Bonchev–Trinajstić information content (AvgIpc) is 3.00. The van der Waals surface area contributed by atoms with Crippen molar-refractivity contribution in [1.29, 1.82) is 0 Å². The Bertz CT molecular complexity index is 794. The molecule has 1 N–H and O–H groups in total. The van der Waals surface area contributed by atoms with Crippen LogP contribution in [0.2, 0.25) is 0 Å². The number of hydrogen-bond donors (Lipinski definition) is 1. The van der Waals surface area contributed by atoms with E-state index in [-0.39, 0.29) is 11.9 Å². The quantitative estimate of drug-likeness (QED) is 0.862. The number of amides is 1. The van der Waals surface area contributed by atoms with Gasteiger partial charge in [0.15, 0.2) is 5.58 Å². The Hall–Kier alpha value is -2.32. The van der Waals surface area contributed by atoms with Crippen molar-refractivity contribution in [2.75, 3.05) is 13.1 Å². The zero-order valence-electron chi connectivity index (χ0n) is 13.1. The summed E-state index contributed by atoms with van der Waals surface area (Å²) in [4.78, 5) is 19.3. The van der Waals surface area contributed by atoms with Crippen molar-refractivity contribution in [2.45, 2.75) is 31.8 Å². The number of nitrogens with zero attached hydrogens (tertiary/aromatic N) is 2. The highest BCUT2D eigenvalue weighted by Gasteiger charge is 2.40. The molecule has 3 saturated heterocycles. The van der Waals surface area contributed by atoms with Crippen LogP contribution in [0.3, 0.4) is 0 Å². The Morgan fingerprint density at radius 3 is 2.96 bits per heavy atom. The molecule has 118 valence electrons. The van der Waals surface area contributed by atoms with E-state index in [1.807, 2.05) is 0 Å². The van der Waals surface area contributed by atoms with Crippen LogP contribution in [0, 0.1) is 18.3 Å². The zero-order chi connectivity index (χ0) is 16.0. The number of carbonyl (C=O) groups is 1. The van der Waals surface area contributed by atoms with E-state index in [1.165, 1.54) is 6.26 Å². The lowest BCUT2D eigenvalue weighted by Crippen LogP contribution is -2.62. The van der Waals surface area contributed by atoms with Crippen molar-refractivity contribution in [1.82, 2.24) is 15.2 Å². The molecule has 0 aromatic carbocycles. The first-order chi connectivity index (χ1) is 11.2. The van der Waals surface area contributed by atoms with Gasteiger partial charge in [-0.2, -0.15) is 0 Å². The molecule has 2 bridgehead atoms. The van der Waals surface area contributed by atoms with Crippen molar-refractivity contribution >= 4 is 16.9 Å². The highest BCUT2D eigenvalue weighted by Crippen LogP contribution is 2.32. The molecule has 0 radical (unpaired) electrons. The van der Waals surface area contributed by atoms with Crippen molar-refractivity contribution < 1.29 is 9.21 Å². The van der Waals surface area contributed by atoms with Crippen molar-refractivity contribution in [3.05, 3.63) is 29.8 Å². The SMILES string of the molecule is C#Cc1coc2cnc(C(=O)NC3C4CCN(CC4)C3C)cc12. The number of aromatic nitrogens is 1. The summed E-state index contributed by atoms with van der Waals surface area (Å²) in [5.41, 5.74) is 1.64. The second-order valence-corrected chi connectivity index (χ2v) is 6.47. The summed E-state index contributed by atoms with van der Waals surface area (Å²) in [5.74, 6) is 3.00. The first-order valence-electron chi connectivity index (χ1n) is 8.06. The summed E-state index contributed by atoms with van der Waals surface area (Å²) in [6, 6.07) is 2.29. The molecule has 1 amide bonds. The maximum atomic E-state index is 12.6.